The zero-order valence-electron chi connectivity index (χ0n) is 10.0. The van der Waals surface area contributed by atoms with Gasteiger partial charge >= 0.3 is 11.5 Å². The van der Waals surface area contributed by atoms with Crippen molar-refractivity contribution < 1.29 is 43.7 Å². The first-order valence-electron chi connectivity index (χ1n) is 4.87. The molecule has 0 aromatic carbocycles. The minimum Gasteiger partial charge on any atom is -0.457 e. The first-order valence-corrected chi connectivity index (χ1v) is 7.67. The number of nitrogens with zero attached hydrogens (tertiary/aromatic N) is 1. The molecule has 1 unspecified atom stereocenters. The van der Waals surface area contributed by atoms with Crippen LogP contribution in [-0.2, 0) is 34.0 Å². The van der Waals surface area contributed by atoms with Crippen molar-refractivity contribution in [3.63, 3.8) is 0 Å². The Hall–Kier alpha value is -0.920. The molecule has 1 aliphatic heterocycles. The number of carbonyl (C=O) groups excluding carboxylic acids is 1. The monoisotopic (exact) mass is 340 g/mol. The Morgan fingerprint density at radius 1 is 1.30 bits per heavy atom. The van der Waals surface area contributed by atoms with E-state index in [2.05, 4.69) is 8.92 Å². The van der Waals surface area contributed by atoms with E-state index in [-0.39, 0.29) is 0 Å². The molecule has 1 aliphatic rings. The molecular weight excluding hydrogens is 331 g/mol. The van der Waals surface area contributed by atoms with Gasteiger partial charge < -0.3 is 8.86 Å². The Morgan fingerprint density at radius 3 is 2.15 bits per heavy atom. The van der Waals surface area contributed by atoms with Crippen LogP contribution in [0.5, 0.6) is 0 Å². The van der Waals surface area contributed by atoms with Crippen LogP contribution in [-0.4, -0.2) is 40.0 Å². The van der Waals surface area contributed by atoms with E-state index in [0.29, 0.717) is 0 Å². The molecule has 0 aliphatic carbocycles. The molecule has 0 saturated carbocycles. The zero-order chi connectivity index (χ0) is 16.0. The van der Waals surface area contributed by atoms with Crippen molar-refractivity contribution in [1.29, 1.82) is 0 Å². The molecule has 0 N–H and O–H groups in total. The van der Waals surface area contributed by atoms with E-state index < -0.39 is 49.9 Å². The average molecular weight is 340 g/mol. The van der Waals surface area contributed by atoms with E-state index in [0.717, 1.165) is 0 Å². The number of ether oxygens (including phenoxy) is 1. The number of halogens is 3. The predicted octanol–water partition coefficient (Wildman–Crippen LogP) is 0.565. The van der Waals surface area contributed by atoms with Crippen LogP contribution >= 0.6 is 0 Å². The molecule has 0 aromatic rings. The van der Waals surface area contributed by atoms with E-state index in [4.69, 9.17) is 0 Å². The van der Waals surface area contributed by atoms with Crippen LogP contribution in [0.2, 0.25) is 0 Å². The third-order valence-electron chi connectivity index (χ3n) is 2.22. The van der Waals surface area contributed by atoms with Gasteiger partial charge in [-0.05, 0) is 13.8 Å². The van der Waals surface area contributed by atoms with Gasteiger partial charge in [0.1, 0.15) is 11.7 Å². The zero-order valence-corrected chi connectivity index (χ0v) is 11.7. The van der Waals surface area contributed by atoms with Gasteiger partial charge in [0.15, 0.2) is 10.0 Å². The minimum absolute atomic E-state index is 0.562. The molecule has 20 heavy (non-hydrogen) atoms. The summed E-state index contributed by atoms with van der Waals surface area (Å²) < 4.78 is 90.2. The second-order valence-electron chi connectivity index (χ2n) is 4.29. The SMILES string of the molecule is CC1(C)OC(=O)CC1OS(=O)(=O)[N-]S(=O)(=O)C(F)(F)F. The van der Waals surface area contributed by atoms with Gasteiger partial charge in [0, 0.05) is 0 Å². The highest BCUT2D eigenvalue weighted by Gasteiger charge is 2.46. The fourth-order valence-corrected chi connectivity index (χ4v) is 3.31. The molecule has 1 saturated heterocycles. The van der Waals surface area contributed by atoms with E-state index in [1.165, 1.54) is 13.8 Å². The fourth-order valence-electron chi connectivity index (χ4n) is 1.27. The summed E-state index contributed by atoms with van der Waals surface area (Å²) in [6, 6.07) is 0. The number of sulfonamides is 1. The standard InChI is InChI=1S/C7H9F3NO7S2/c1-6(2)4(3-5(12)17-6)18-20(15,16)11-19(13,14)7(8,9)10/h4H,3H2,1-2H3/q-1. The first-order chi connectivity index (χ1) is 8.66. The van der Waals surface area contributed by atoms with Crippen molar-refractivity contribution in [1.82, 2.24) is 0 Å². The van der Waals surface area contributed by atoms with Crippen LogP contribution in [0.3, 0.4) is 0 Å². The molecule has 0 bridgehead atoms. The molecular formula is C7H9F3NO7S2-. The summed E-state index contributed by atoms with van der Waals surface area (Å²) in [7, 11) is -11.7. The largest absolute Gasteiger partial charge is 0.480 e. The quantitative estimate of drug-likeness (QED) is 0.686. The van der Waals surface area contributed by atoms with Gasteiger partial charge in [-0.3, -0.25) is 8.98 Å². The van der Waals surface area contributed by atoms with Gasteiger partial charge in [-0.15, -0.1) is 0 Å². The highest BCUT2D eigenvalue weighted by atomic mass is 32.3. The smallest absolute Gasteiger partial charge is 0.457 e. The molecule has 1 fully saturated rings. The summed E-state index contributed by atoms with van der Waals surface area (Å²) in [4.78, 5) is 11.0. The van der Waals surface area contributed by atoms with Crippen molar-refractivity contribution in [2.45, 2.75) is 37.5 Å². The van der Waals surface area contributed by atoms with E-state index in [1.54, 1.807) is 4.13 Å². The fraction of sp³-hybridized carbons (Fsp3) is 0.857. The van der Waals surface area contributed by atoms with Crippen LogP contribution in [0.25, 0.3) is 4.13 Å². The molecule has 0 amide bonds. The Bertz CT molecular complexity index is 607. The van der Waals surface area contributed by atoms with Crippen molar-refractivity contribution >= 4 is 26.3 Å². The maximum absolute atomic E-state index is 12.0. The van der Waals surface area contributed by atoms with Crippen molar-refractivity contribution in [3.05, 3.63) is 4.13 Å². The van der Waals surface area contributed by atoms with E-state index in [1.807, 2.05) is 0 Å². The number of hydrogen-bond donors (Lipinski definition) is 0. The summed E-state index contributed by atoms with van der Waals surface area (Å²) >= 11 is 0. The number of hydrogen-bond acceptors (Lipinski definition) is 7. The Labute approximate surface area is 112 Å². The summed E-state index contributed by atoms with van der Waals surface area (Å²) in [5, 5.41) is 0. The van der Waals surface area contributed by atoms with E-state index >= 15 is 0 Å². The summed E-state index contributed by atoms with van der Waals surface area (Å²) in [5.41, 5.74) is -7.32. The van der Waals surface area contributed by atoms with Crippen molar-refractivity contribution in [2.75, 3.05) is 0 Å². The number of alkyl halides is 3. The minimum atomic E-state index is -6.26. The molecule has 0 spiro atoms. The molecule has 118 valence electrons. The number of carbonyl (C=O) groups is 1. The van der Waals surface area contributed by atoms with Gasteiger partial charge in [-0.25, -0.2) is 16.8 Å². The normalized spacial score (nSPS) is 23.6. The van der Waals surface area contributed by atoms with Crippen LogP contribution in [0.15, 0.2) is 0 Å². The molecule has 1 heterocycles. The lowest BCUT2D eigenvalue weighted by Gasteiger charge is -2.28. The topological polar surface area (TPSA) is 118 Å². The van der Waals surface area contributed by atoms with E-state index in [9.17, 15) is 34.8 Å². The van der Waals surface area contributed by atoms with Crippen molar-refractivity contribution in [2.24, 2.45) is 0 Å². The number of rotatable bonds is 4. The highest BCUT2D eigenvalue weighted by Crippen LogP contribution is 2.34. The molecule has 0 aromatic heterocycles. The Balaban J connectivity index is 2.90. The molecule has 13 heteroatoms. The van der Waals surface area contributed by atoms with Crippen LogP contribution in [0.4, 0.5) is 13.2 Å². The van der Waals surface area contributed by atoms with Crippen LogP contribution in [0.1, 0.15) is 20.3 Å². The summed E-state index contributed by atoms with van der Waals surface area (Å²) in [6.07, 6.45) is -2.04. The van der Waals surface area contributed by atoms with Gasteiger partial charge in [0.05, 0.1) is 6.42 Å². The molecule has 8 nitrogen and oxygen atoms in total. The van der Waals surface area contributed by atoms with Crippen molar-refractivity contribution in [3.8, 4) is 0 Å². The van der Waals surface area contributed by atoms with Gasteiger partial charge in [-0.2, -0.15) is 13.2 Å². The lowest BCUT2D eigenvalue weighted by molar-refractivity contribution is -0.147. The number of esters is 1. The highest BCUT2D eigenvalue weighted by molar-refractivity contribution is 8.10. The summed E-state index contributed by atoms with van der Waals surface area (Å²) in [6.45, 7) is 2.49. The first kappa shape index (κ1) is 17.1. The lowest BCUT2D eigenvalue weighted by Crippen LogP contribution is -2.36. The van der Waals surface area contributed by atoms with Crippen LogP contribution in [0, 0.1) is 0 Å². The molecule has 1 rings (SSSR count). The maximum atomic E-state index is 12.0. The number of cyclic esters (lactones) is 1. The third kappa shape index (κ3) is 3.80. The lowest BCUT2D eigenvalue weighted by atomic mass is 10.0. The molecule has 0 radical (unpaired) electrons. The maximum Gasteiger partial charge on any atom is 0.480 e. The van der Waals surface area contributed by atoms with Crippen LogP contribution < -0.4 is 0 Å². The Kier molecular flexibility index (Phi) is 4.13. The van der Waals surface area contributed by atoms with Gasteiger partial charge in [0.2, 0.25) is 10.3 Å². The predicted molar refractivity (Wildman–Crippen MR) is 56.9 cm³/mol. The van der Waals surface area contributed by atoms with Gasteiger partial charge in [-0.1, -0.05) is 0 Å². The second kappa shape index (κ2) is 4.82. The Morgan fingerprint density at radius 2 is 1.80 bits per heavy atom. The molecule has 1 atom stereocenters. The summed E-state index contributed by atoms with van der Waals surface area (Å²) in [5.74, 6) is -0.839. The second-order valence-corrected chi connectivity index (χ2v) is 7.35. The average Bonchev–Trinajstić information content (AvgIpc) is 2.33. The third-order valence-corrected chi connectivity index (χ3v) is 4.80. The van der Waals surface area contributed by atoms with Gasteiger partial charge in [0.25, 0.3) is 0 Å².